The Morgan fingerprint density at radius 1 is 1.40 bits per heavy atom. The summed E-state index contributed by atoms with van der Waals surface area (Å²) in [4.78, 5) is 6.61. The van der Waals surface area contributed by atoms with Crippen molar-refractivity contribution >= 4 is 28.3 Å². The van der Waals surface area contributed by atoms with Crippen molar-refractivity contribution in [1.29, 1.82) is 0 Å². The molecule has 1 aliphatic heterocycles. The van der Waals surface area contributed by atoms with E-state index in [4.69, 9.17) is 0 Å². The molecule has 0 saturated heterocycles. The zero-order valence-electron chi connectivity index (χ0n) is 9.16. The zero-order valence-corrected chi connectivity index (χ0v) is 11.3. The molecule has 3 nitrogen and oxygen atoms in total. The van der Waals surface area contributed by atoms with Crippen molar-refractivity contribution in [2.75, 3.05) is 13.6 Å². The van der Waals surface area contributed by atoms with Crippen LogP contribution >= 0.6 is 22.6 Å². The molecule has 0 radical (unpaired) electrons. The van der Waals surface area contributed by atoms with E-state index in [-0.39, 0.29) is 0 Å². The van der Waals surface area contributed by atoms with Crippen LogP contribution < -0.4 is 0 Å². The van der Waals surface area contributed by atoms with Crippen LogP contribution in [0.4, 0.5) is 0 Å². The van der Waals surface area contributed by atoms with Gasteiger partial charge >= 0.3 is 0 Å². The van der Waals surface area contributed by atoms with Gasteiger partial charge in [-0.1, -0.05) is 0 Å². The number of allylic oxidation sites excluding steroid dienone is 2. The Kier molecular flexibility index (Phi) is 2.86. The molecule has 0 aromatic carbocycles. The summed E-state index contributed by atoms with van der Waals surface area (Å²) in [6, 6.07) is 0. The third kappa shape index (κ3) is 1.95. The van der Waals surface area contributed by atoms with Crippen LogP contribution in [0.3, 0.4) is 0 Å². The van der Waals surface area contributed by atoms with Crippen LogP contribution in [-0.2, 0) is 0 Å². The lowest BCUT2D eigenvalue weighted by molar-refractivity contribution is 0.504. The number of rotatable bonds is 1. The normalized spacial score (nSPS) is 15.7. The van der Waals surface area contributed by atoms with E-state index in [1.165, 1.54) is 11.4 Å². The number of imidazole rings is 1. The van der Waals surface area contributed by atoms with Gasteiger partial charge in [-0.25, -0.2) is 4.98 Å². The molecule has 2 heterocycles. The molecule has 0 fully saturated rings. The van der Waals surface area contributed by atoms with Crippen molar-refractivity contribution < 1.29 is 0 Å². The smallest absolute Gasteiger partial charge is 0.122 e. The highest BCUT2D eigenvalue weighted by Crippen LogP contribution is 2.20. The second-order valence-corrected chi connectivity index (χ2v) is 4.78. The molecule has 1 aromatic rings. The number of halogens is 1. The van der Waals surface area contributed by atoms with E-state index in [0.29, 0.717) is 0 Å². The lowest BCUT2D eigenvalue weighted by atomic mass is 10.3. The molecule has 0 atom stereocenters. The Bertz CT molecular complexity index is 443. The molecule has 15 heavy (non-hydrogen) atoms. The Labute approximate surface area is 104 Å². The molecule has 0 unspecified atom stereocenters. The summed E-state index contributed by atoms with van der Waals surface area (Å²) in [6.07, 6.45) is 6.44. The predicted molar refractivity (Wildman–Crippen MR) is 70.5 cm³/mol. The van der Waals surface area contributed by atoms with Crippen LogP contribution in [0.2, 0.25) is 0 Å². The lowest BCUT2D eigenvalue weighted by Crippen LogP contribution is -2.15. The summed E-state index contributed by atoms with van der Waals surface area (Å²) in [5.41, 5.74) is 2.44. The maximum Gasteiger partial charge on any atom is 0.122 e. The van der Waals surface area contributed by atoms with Gasteiger partial charge in [0.15, 0.2) is 0 Å². The molecule has 1 aromatic heterocycles. The summed E-state index contributed by atoms with van der Waals surface area (Å²) in [5, 5.41) is 0. The second-order valence-electron chi connectivity index (χ2n) is 3.75. The summed E-state index contributed by atoms with van der Waals surface area (Å²) in [7, 11) is 2.07. The van der Waals surface area contributed by atoms with Gasteiger partial charge in [0.2, 0.25) is 0 Å². The fourth-order valence-electron chi connectivity index (χ4n) is 1.72. The zero-order chi connectivity index (χ0) is 11.0. The Morgan fingerprint density at radius 2 is 2.13 bits per heavy atom. The molecule has 0 N–H and O–H groups in total. The number of hydrogen-bond acceptors (Lipinski definition) is 2. The molecule has 4 heteroatoms. The number of nitrogens with zero attached hydrogens (tertiary/aromatic N) is 3. The average Bonchev–Trinajstić information content (AvgIpc) is 2.44. The molecule has 1 aliphatic rings. The minimum atomic E-state index is 0.958. The highest BCUT2D eigenvalue weighted by Gasteiger charge is 2.12. The lowest BCUT2D eigenvalue weighted by Gasteiger charge is -2.19. The van der Waals surface area contributed by atoms with Crippen molar-refractivity contribution in [1.82, 2.24) is 14.5 Å². The van der Waals surface area contributed by atoms with Crippen LogP contribution in [0.25, 0.3) is 5.70 Å². The van der Waals surface area contributed by atoms with E-state index in [0.717, 1.165) is 16.1 Å². The van der Waals surface area contributed by atoms with E-state index in [1.54, 1.807) is 0 Å². The van der Waals surface area contributed by atoms with Crippen LogP contribution in [0.15, 0.2) is 18.4 Å². The summed E-state index contributed by atoms with van der Waals surface area (Å²) < 4.78 is 3.28. The summed E-state index contributed by atoms with van der Waals surface area (Å²) in [5.74, 6) is 1.05. The molecule has 0 amide bonds. The highest BCUT2D eigenvalue weighted by atomic mass is 127. The fourth-order valence-corrected chi connectivity index (χ4v) is 2.31. The van der Waals surface area contributed by atoms with Crippen molar-refractivity contribution in [2.45, 2.75) is 13.8 Å². The van der Waals surface area contributed by atoms with E-state index in [1.807, 2.05) is 6.92 Å². The predicted octanol–water partition coefficient (Wildman–Crippen LogP) is 2.40. The Morgan fingerprint density at radius 3 is 2.60 bits per heavy atom. The first-order valence-corrected chi connectivity index (χ1v) is 5.98. The molecular weight excluding hydrogens is 301 g/mol. The highest BCUT2D eigenvalue weighted by molar-refractivity contribution is 14.1. The van der Waals surface area contributed by atoms with Gasteiger partial charge in [0, 0.05) is 25.5 Å². The molecule has 0 saturated carbocycles. The van der Waals surface area contributed by atoms with Crippen LogP contribution in [0, 0.1) is 17.5 Å². The van der Waals surface area contributed by atoms with Gasteiger partial charge in [-0.2, -0.15) is 0 Å². The second kappa shape index (κ2) is 4.00. The number of aryl methyl sites for hydroxylation is 1. The minimum absolute atomic E-state index is 0.958. The summed E-state index contributed by atoms with van der Waals surface area (Å²) >= 11 is 2.28. The largest absolute Gasteiger partial charge is 0.377 e. The monoisotopic (exact) mass is 315 g/mol. The third-order valence-corrected chi connectivity index (χ3v) is 3.59. The quantitative estimate of drug-likeness (QED) is 0.742. The topological polar surface area (TPSA) is 21.1 Å². The van der Waals surface area contributed by atoms with Crippen LogP contribution in [-0.4, -0.2) is 28.0 Å². The van der Waals surface area contributed by atoms with E-state index >= 15 is 0 Å². The van der Waals surface area contributed by atoms with Gasteiger partial charge in [0.25, 0.3) is 0 Å². The van der Waals surface area contributed by atoms with Crippen molar-refractivity contribution in [2.24, 2.45) is 0 Å². The number of hydrogen-bond donors (Lipinski definition) is 0. The van der Waals surface area contributed by atoms with Crippen molar-refractivity contribution in [3.63, 3.8) is 0 Å². The SMILES string of the molecule is Cc1nc(I)c(C)n1C1=CCN(C)C=C1. The molecule has 80 valence electrons. The molecule has 0 aliphatic carbocycles. The molecule has 2 rings (SSSR count). The standard InChI is InChI=1S/C11H14IN3/c1-8-11(12)13-9(2)15(8)10-4-6-14(3)7-5-10/h4-6H,7H2,1-3H3. The molecule has 0 bridgehead atoms. The first-order valence-electron chi connectivity index (χ1n) is 4.90. The number of likely N-dealkylation sites (N-methyl/N-ethyl adjacent to an activating group) is 1. The van der Waals surface area contributed by atoms with Gasteiger partial charge in [0.05, 0.1) is 5.69 Å². The maximum absolute atomic E-state index is 4.47. The van der Waals surface area contributed by atoms with E-state index in [2.05, 4.69) is 69.4 Å². The fraction of sp³-hybridized carbons (Fsp3) is 0.364. The Balaban J connectivity index is 2.43. The van der Waals surface area contributed by atoms with Gasteiger partial charge in [-0.3, -0.25) is 0 Å². The third-order valence-electron chi connectivity index (χ3n) is 2.56. The van der Waals surface area contributed by atoms with Gasteiger partial charge in [0.1, 0.15) is 9.53 Å². The minimum Gasteiger partial charge on any atom is -0.377 e. The maximum atomic E-state index is 4.47. The van der Waals surface area contributed by atoms with Gasteiger partial charge in [-0.05, 0) is 48.6 Å². The van der Waals surface area contributed by atoms with Crippen LogP contribution in [0.5, 0.6) is 0 Å². The summed E-state index contributed by atoms with van der Waals surface area (Å²) in [6.45, 7) is 5.11. The van der Waals surface area contributed by atoms with Crippen molar-refractivity contribution in [3.8, 4) is 0 Å². The number of aromatic nitrogens is 2. The van der Waals surface area contributed by atoms with Crippen LogP contribution in [0.1, 0.15) is 11.5 Å². The average molecular weight is 315 g/mol. The molecule has 0 spiro atoms. The van der Waals surface area contributed by atoms with Gasteiger partial charge < -0.3 is 9.47 Å². The molecular formula is C11H14IN3. The Hall–Kier alpha value is -0.780. The first kappa shape index (κ1) is 10.7. The van der Waals surface area contributed by atoms with Crippen molar-refractivity contribution in [3.05, 3.63) is 33.6 Å². The van der Waals surface area contributed by atoms with Gasteiger partial charge in [-0.15, -0.1) is 0 Å². The first-order chi connectivity index (χ1) is 7.09. The van der Waals surface area contributed by atoms with E-state index < -0.39 is 0 Å². The van der Waals surface area contributed by atoms with E-state index in [9.17, 15) is 0 Å².